The second kappa shape index (κ2) is 6.31. The number of hydrogen-bond donors (Lipinski definition) is 1. The molecule has 1 amide bonds. The number of thiophene rings is 1. The van der Waals surface area contributed by atoms with Crippen LogP contribution >= 0.6 is 27.3 Å². The predicted octanol–water partition coefficient (Wildman–Crippen LogP) is 3.42. The number of benzene rings is 1. The van der Waals surface area contributed by atoms with Crippen LogP contribution in [0.3, 0.4) is 0 Å². The zero-order valence-corrected chi connectivity index (χ0v) is 15.3. The molecular formula is C17H16BrN3O2S. The second-order valence-electron chi connectivity index (χ2n) is 5.89. The molecule has 1 aromatic heterocycles. The lowest BCUT2D eigenvalue weighted by molar-refractivity contribution is -0.0849. The van der Waals surface area contributed by atoms with Gasteiger partial charge in [0.05, 0.1) is 4.88 Å². The highest BCUT2D eigenvalue weighted by molar-refractivity contribution is 9.10. The molecule has 5 nitrogen and oxygen atoms in total. The number of hydrogen-bond acceptors (Lipinski definition) is 5. The minimum atomic E-state index is -0.566. The molecule has 2 aliphatic heterocycles. The van der Waals surface area contributed by atoms with Crippen molar-refractivity contribution in [3.63, 3.8) is 0 Å². The Bertz CT molecular complexity index is 783. The van der Waals surface area contributed by atoms with Crippen molar-refractivity contribution in [1.82, 2.24) is 10.4 Å². The molecule has 4 rings (SSSR count). The first kappa shape index (κ1) is 15.8. The van der Waals surface area contributed by atoms with Gasteiger partial charge in [-0.2, -0.15) is 0 Å². The third-order valence-electron chi connectivity index (χ3n) is 4.32. The van der Waals surface area contributed by atoms with Gasteiger partial charge in [-0.15, -0.1) is 11.3 Å². The lowest BCUT2D eigenvalue weighted by atomic mass is 10.0. The number of carbonyl (C=O) groups excluding carboxylic acids is 1. The maximum Gasteiger partial charge on any atom is 0.263 e. The van der Waals surface area contributed by atoms with Gasteiger partial charge in [-0.05, 0) is 23.6 Å². The van der Waals surface area contributed by atoms with Gasteiger partial charge in [-0.1, -0.05) is 34.1 Å². The van der Waals surface area contributed by atoms with Crippen LogP contribution in [0.2, 0.25) is 0 Å². The Labute approximate surface area is 152 Å². The summed E-state index contributed by atoms with van der Waals surface area (Å²) < 4.78 is 1.00. The van der Waals surface area contributed by atoms with Crippen molar-refractivity contribution in [2.75, 3.05) is 13.1 Å². The van der Waals surface area contributed by atoms with Crippen LogP contribution < -0.4 is 5.48 Å². The summed E-state index contributed by atoms with van der Waals surface area (Å²) in [7, 11) is 0. The van der Waals surface area contributed by atoms with E-state index in [-0.39, 0.29) is 5.91 Å². The number of halogens is 1. The zero-order chi connectivity index (χ0) is 16.6. The molecule has 1 saturated heterocycles. The fourth-order valence-corrected chi connectivity index (χ4v) is 4.07. The predicted molar refractivity (Wildman–Crippen MR) is 97.1 cm³/mol. The Morgan fingerprint density at radius 1 is 1.29 bits per heavy atom. The molecule has 0 radical (unpaired) electrons. The number of piperidine rings is 1. The number of likely N-dealkylation sites (tertiary alicyclic amines) is 1. The summed E-state index contributed by atoms with van der Waals surface area (Å²) in [5.74, 6) is 0.844. The Balaban J connectivity index is 1.46. The van der Waals surface area contributed by atoms with E-state index in [1.54, 1.807) is 0 Å². The van der Waals surface area contributed by atoms with Crippen molar-refractivity contribution in [2.24, 2.45) is 4.99 Å². The van der Waals surface area contributed by atoms with E-state index in [4.69, 9.17) is 9.83 Å². The second-order valence-corrected chi connectivity index (χ2v) is 7.75. The van der Waals surface area contributed by atoms with Gasteiger partial charge >= 0.3 is 0 Å². The number of hydroxylamine groups is 1. The maximum atomic E-state index is 12.4. The molecule has 0 aliphatic carbocycles. The number of aliphatic imine (C=N–C) groups is 1. The largest absolute Gasteiger partial charge is 0.338 e. The maximum absolute atomic E-state index is 12.4. The van der Waals surface area contributed by atoms with Crippen LogP contribution in [-0.2, 0) is 4.84 Å². The summed E-state index contributed by atoms with van der Waals surface area (Å²) in [6.07, 6.45) is 1.38. The summed E-state index contributed by atoms with van der Waals surface area (Å²) >= 11 is 4.95. The highest BCUT2D eigenvalue weighted by Crippen LogP contribution is 2.32. The normalized spacial score (nSPS) is 19.2. The molecule has 2 aromatic rings. The van der Waals surface area contributed by atoms with Gasteiger partial charge in [0.2, 0.25) is 0 Å². The molecule has 24 heavy (non-hydrogen) atoms. The van der Waals surface area contributed by atoms with Gasteiger partial charge < -0.3 is 4.90 Å². The van der Waals surface area contributed by atoms with E-state index in [1.165, 1.54) is 11.3 Å². The Kier molecular flexibility index (Phi) is 4.15. The lowest BCUT2D eigenvalue weighted by Gasteiger charge is -2.35. The quantitative estimate of drug-likeness (QED) is 0.832. The highest BCUT2D eigenvalue weighted by atomic mass is 79.9. The number of amidine groups is 1. The number of nitrogens with one attached hydrogen (secondary N) is 1. The zero-order valence-electron chi connectivity index (χ0n) is 12.9. The topological polar surface area (TPSA) is 53.9 Å². The van der Waals surface area contributed by atoms with E-state index in [0.717, 1.165) is 20.7 Å². The molecule has 1 spiro atoms. The molecule has 2 aliphatic rings. The Morgan fingerprint density at radius 2 is 2.12 bits per heavy atom. The first-order valence-corrected chi connectivity index (χ1v) is 9.45. The fraction of sp³-hybridized carbons (Fsp3) is 0.294. The molecule has 0 bridgehead atoms. The summed E-state index contributed by atoms with van der Waals surface area (Å²) in [4.78, 5) is 25.7. The van der Waals surface area contributed by atoms with Crippen LogP contribution in [0.1, 0.15) is 28.1 Å². The molecule has 1 aromatic carbocycles. The van der Waals surface area contributed by atoms with Crippen LogP contribution in [0, 0.1) is 0 Å². The molecular weight excluding hydrogens is 390 g/mol. The van der Waals surface area contributed by atoms with Gasteiger partial charge in [0, 0.05) is 36.0 Å². The molecule has 0 atom stereocenters. The van der Waals surface area contributed by atoms with Crippen LogP contribution in [0.25, 0.3) is 0 Å². The molecule has 1 fully saturated rings. The minimum absolute atomic E-state index is 0.0991. The molecule has 0 unspecified atom stereocenters. The standard InChI is InChI=1S/C17H16BrN3O2S/c18-13-4-1-3-12(11-13)15-19-17(23-20-15)6-8-21(9-7-17)16(22)14-5-2-10-24-14/h1-5,10-11H,6-9H2,(H,19,20). The Hall–Kier alpha value is -1.70. The summed E-state index contributed by atoms with van der Waals surface area (Å²) in [6, 6.07) is 11.7. The average molecular weight is 406 g/mol. The number of nitrogens with zero attached hydrogens (tertiary/aromatic N) is 2. The van der Waals surface area contributed by atoms with E-state index >= 15 is 0 Å². The molecule has 7 heteroatoms. The van der Waals surface area contributed by atoms with E-state index < -0.39 is 5.72 Å². The molecule has 124 valence electrons. The first-order valence-electron chi connectivity index (χ1n) is 7.78. The van der Waals surface area contributed by atoms with Gasteiger partial charge in [-0.25, -0.2) is 15.3 Å². The van der Waals surface area contributed by atoms with Gasteiger partial charge in [-0.3, -0.25) is 4.79 Å². The van der Waals surface area contributed by atoms with Crippen molar-refractivity contribution >= 4 is 39.0 Å². The lowest BCUT2D eigenvalue weighted by Crippen LogP contribution is -2.46. The number of rotatable bonds is 2. The third kappa shape index (κ3) is 2.99. The van der Waals surface area contributed by atoms with Crippen molar-refractivity contribution in [2.45, 2.75) is 18.6 Å². The van der Waals surface area contributed by atoms with Crippen molar-refractivity contribution in [3.8, 4) is 0 Å². The molecule has 1 N–H and O–H groups in total. The highest BCUT2D eigenvalue weighted by Gasteiger charge is 2.41. The average Bonchev–Trinajstić information content (AvgIpc) is 3.26. The SMILES string of the molecule is O=C(c1cccs1)N1CCC2(CC1)N=C(c1cccc(Br)c1)NO2. The number of amides is 1. The van der Waals surface area contributed by atoms with Crippen LogP contribution in [-0.4, -0.2) is 35.5 Å². The summed E-state index contributed by atoms with van der Waals surface area (Å²) in [5.41, 5.74) is 3.38. The van der Waals surface area contributed by atoms with E-state index in [1.807, 2.05) is 46.7 Å². The van der Waals surface area contributed by atoms with Crippen molar-refractivity contribution < 1.29 is 9.63 Å². The van der Waals surface area contributed by atoms with E-state index in [2.05, 4.69) is 21.4 Å². The minimum Gasteiger partial charge on any atom is -0.338 e. The van der Waals surface area contributed by atoms with Crippen molar-refractivity contribution in [1.29, 1.82) is 0 Å². The van der Waals surface area contributed by atoms with E-state index in [0.29, 0.717) is 25.9 Å². The summed E-state index contributed by atoms with van der Waals surface area (Å²) in [5, 5.41) is 1.93. The smallest absolute Gasteiger partial charge is 0.263 e. The van der Waals surface area contributed by atoms with Gasteiger partial charge in [0.15, 0.2) is 11.6 Å². The fourth-order valence-electron chi connectivity index (χ4n) is 2.98. The first-order chi connectivity index (χ1) is 11.7. The molecule has 0 saturated carbocycles. The summed E-state index contributed by atoms with van der Waals surface area (Å²) in [6.45, 7) is 1.29. The third-order valence-corrected chi connectivity index (χ3v) is 5.67. The van der Waals surface area contributed by atoms with E-state index in [9.17, 15) is 4.79 Å². The van der Waals surface area contributed by atoms with Crippen molar-refractivity contribution in [3.05, 3.63) is 56.7 Å². The van der Waals surface area contributed by atoms with Crippen LogP contribution in [0.4, 0.5) is 0 Å². The van der Waals surface area contributed by atoms with Crippen LogP contribution in [0.15, 0.2) is 51.2 Å². The van der Waals surface area contributed by atoms with Gasteiger partial charge in [0.1, 0.15) is 0 Å². The molecule has 3 heterocycles. The van der Waals surface area contributed by atoms with Gasteiger partial charge in [0.25, 0.3) is 5.91 Å². The number of carbonyl (C=O) groups is 1. The Morgan fingerprint density at radius 3 is 2.83 bits per heavy atom. The monoisotopic (exact) mass is 405 g/mol. The van der Waals surface area contributed by atoms with Crippen LogP contribution in [0.5, 0.6) is 0 Å².